The third-order valence-electron chi connectivity index (χ3n) is 4.03. The molecule has 1 saturated heterocycles. The summed E-state index contributed by atoms with van der Waals surface area (Å²) in [5, 5.41) is 10.3. The second-order valence-electron chi connectivity index (χ2n) is 5.61. The molecule has 126 valence electrons. The van der Waals surface area contributed by atoms with E-state index in [1.54, 1.807) is 15.9 Å². The number of hydrogen-bond donors (Lipinski definition) is 1. The van der Waals surface area contributed by atoms with Crippen LogP contribution in [-0.2, 0) is 0 Å². The van der Waals surface area contributed by atoms with Crippen molar-refractivity contribution in [3.8, 4) is 5.75 Å². The summed E-state index contributed by atoms with van der Waals surface area (Å²) in [6, 6.07) is 6.02. The number of carbonyl (C=O) groups is 2. The molecule has 2 amide bonds. The maximum absolute atomic E-state index is 12.6. The molecule has 0 spiro atoms. The summed E-state index contributed by atoms with van der Waals surface area (Å²) in [5.41, 5.74) is 0.680. The standard InChI is InChI=1S/C17H17ClN2O4/c18-13-2-3-15(21)14(10-13)17(23)20-6-1-5-19(7-8-20)16(22)12-4-9-24-11-12/h2-4,9-11,21H,1,5-8H2. The van der Waals surface area contributed by atoms with Crippen molar-refractivity contribution in [3.63, 3.8) is 0 Å². The molecule has 24 heavy (non-hydrogen) atoms. The molecule has 0 radical (unpaired) electrons. The van der Waals surface area contributed by atoms with E-state index in [1.165, 1.54) is 30.7 Å². The number of phenols is 1. The molecule has 2 heterocycles. The van der Waals surface area contributed by atoms with E-state index in [1.807, 2.05) is 0 Å². The van der Waals surface area contributed by atoms with Crippen LogP contribution < -0.4 is 0 Å². The first-order valence-corrected chi connectivity index (χ1v) is 8.03. The second-order valence-corrected chi connectivity index (χ2v) is 6.05. The largest absolute Gasteiger partial charge is 0.507 e. The van der Waals surface area contributed by atoms with Crippen molar-refractivity contribution in [2.45, 2.75) is 6.42 Å². The molecule has 3 rings (SSSR count). The number of furan rings is 1. The van der Waals surface area contributed by atoms with Gasteiger partial charge in [0.25, 0.3) is 11.8 Å². The summed E-state index contributed by atoms with van der Waals surface area (Å²) in [6.07, 6.45) is 3.54. The Balaban J connectivity index is 1.70. The Kier molecular flexibility index (Phi) is 4.76. The highest BCUT2D eigenvalue weighted by Gasteiger charge is 2.25. The van der Waals surface area contributed by atoms with E-state index in [0.717, 1.165) is 0 Å². The summed E-state index contributed by atoms with van der Waals surface area (Å²) in [5.74, 6) is -0.490. The highest BCUT2D eigenvalue weighted by atomic mass is 35.5. The maximum atomic E-state index is 12.6. The average Bonchev–Trinajstić information content (AvgIpc) is 3.00. The first-order valence-electron chi connectivity index (χ1n) is 7.65. The summed E-state index contributed by atoms with van der Waals surface area (Å²) in [7, 11) is 0. The lowest BCUT2D eigenvalue weighted by molar-refractivity contribution is 0.0716. The highest BCUT2D eigenvalue weighted by molar-refractivity contribution is 6.31. The molecular weight excluding hydrogens is 332 g/mol. The van der Waals surface area contributed by atoms with E-state index in [9.17, 15) is 14.7 Å². The van der Waals surface area contributed by atoms with Gasteiger partial charge in [-0.3, -0.25) is 9.59 Å². The maximum Gasteiger partial charge on any atom is 0.257 e. The van der Waals surface area contributed by atoms with Gasteiger partial charge in [0.05, 0.1) is 17.4 Å². The van der Waals surface area contributed by atoms with Crippen molar-refractivity contribution in [2.75, 3.05) is 26.2 Å². The number of rotatable bonds is 2. The monoisotopic (exact) mass is 348 g/mol. The third-order valence-corrected chi connectivity index (χ3v) is 4.26. The number of hydrogen-bond acceptors (Lipinski definition) is 4. The molecule has 1 N–H and O–H groups in total. The minimum absolute atomic E-state index is 0.0972. The van der Waals surface area contributed by atoms with E-state index >= 15 is 0 Å². The fourth-order valence-electron chi connectivity index (χ4n) is 2.74. The Hall–Kier alpha value is -2.47. The van der Waals surface area contributed by atoms with E-state index < -0.39 is 0 Å². The smallest absolute Gasteiger partial charge is 0.257 e. The van der Waals surface area contributed by atoms with Gasteiger partial charge in [-0.05, 0) is 30.7 Å². The van der Waals surface area contributed by atoms with Crippen LogP contribution in [0.2, 0.25) is 5.02 Å². The van der Waals surface area contributed by atoms with Crippen LogP contribution >= 0.6 is 11.6 Å². The SMILES string of the molecule is O=C(c1ccoc1)N1CCCN(C(=O)c2cc(Cl)ccc2O)CC1. The first kappa shape index (κ1) is 16.4. The number of phenolic OH excluding ortho intramolecular Hbond substituents is 1. The predicted octanol–water partition coefficient (Wildman–Crippen LogP) is 2.63. The third kappa shape index (κ3) is 3.38. The van der Waals surface area contributed by atoms with Gasteiger partial charge >= 0.3 is 0 Å². The van der Waals surface area contributed by atoms with Crippen LogP contribution in [0.25, 0.3) is 0 Å². The van der Waals surface area contributed by atoms with Gasteiger partial charge in [0.1, 0.15) is 12.0 Å². The van der Waals surface area contributed by atoms with Crippen molar-refractivity contribution in [2.24, 2.45) is 0 Å². The lowest BCUT2D eigenvalue weighted by Crippen LogP contribution is -2.37. The summed E-state index contributed by atoms with van der Waals surface area (Å²) >= 11 is 5.91. The van der Waals surface area contributed by atoms with Crippen LogP contribution in [0, 0.1) is 0 Å². The van der Waals surface area contributed by atoms with Crippen molar-refractivity contribution < 1.29 is 19.1 Å². The fourth-order valence-corrected chi connectivity index (χ4v) is 2.91. The molecule has 2 aromatic rings. The van der Waals surface area contributed by atoms with E-state index in [0.29, 0.717) is 43.2 Å². The van der Waals surface area contributed by atoms with Crippen LogP contribution in [0.15, 0.2) is 41.2 Å². The quantitative estimate of drug-likeness (QED) is 0.905. The van der Waals surface area contributed by atoms with Gasteiger partial charge in [0.2, 0.25) is 0 Å². The molecule has 6 nitrogen and oxygen atoms in total. The second kappa shape index (κ2) is 6.97. The molecule has 0 unspecified atom stereocenters. The van der Waals surface area contributed by atoms with Crippen molar-refractivity contribution in [1.29, 1.82) is 0 Å². The molecular formula is C17H17ClN2O4. The summed E-state index contributed by atoms with van der Waals surface area (Å²) in [4.78, 5) is 28.3. The van der Waals surface area contributed by atoms with E-state index in [4.69, 9.17) is 16.0 Å². The lowest BCUT2D eigenvalue weighted by Gasteiger charge is -2.22. The van der Waals surface area contributed by atoms with Gasteiger partial charge < -0.3 is 19.3 Å². The van der Waals surface area contributed by atoms with Gasteiger partial charge in [-0.25, -0.2) is 0 Å². The summed E-state index contributed by atoms with van der Waals surface area (Å²) < 4.78 is 4.95. The Morgan fingerprint density at radius 3 is 2.42 bits per heavy atom. The number of nitrogens with zero attached hydrogens (tertiary/aromatic N) is 2. The minimum atomic E-state index is -0.285. The zero-order valence-corrected chi connectivity index (χ0v) is 13.7. The van der Waals surface area contributed by atoms with Crippen LogP contribution in [0.1, 0.15) is 27.1 Å². The molecule has 0 atom stereocenters. The minimum Gasteiger partial charge on any atom is -0.507 e. The molecule has 1 aromatic heterocycles. The molecule has 0 saturated carbocycles. The number of aromatic hydroxyl groups is 1. The van der Waals surface area contributed by atoms with Crippen LogP contribution in [0.4, 0.5) is 0 Å². The van der Waals surface area contributed by atoms with Crippen molar-refractivity contribution in [1.82, 2.24) is 9.80 Å². The van der Waals surface area contributed by atoms with Crippen molar-refractivity contribution >= 4 is 23.4 Å². The van der Waals surface area contributed by atoms with Crippen LogP contribution in [0.5, 0.6) is 5.75 Å². The number of benzene rings is 1. The topological polar surface area (TPSA) is 74.0 Å². The van der Waals surface area contributed by atoms with Crippen LogP contribution in [0.3, 0.4) is 0 Å². The predicted molar refractivity (Wildman–Crippen MR) is 88.2 cm³/mol. The Labute approximate surface area is 144 Å². The molecule has 1 aliphatic heterocycles. The van der Waals surface area contributed by atoms with Crippen molar-refractivity contribution in [3.05, 3.63) is 52.9 Å². The van der Waals surface area contributed by atoms with E-state index in [-0.39, 0.29) is 23.1 Å². The van der Waals surface area contributed by atoms with Crippen LogP contribution in [-0.4, -0.2) is 52.9 Å². The van der Waals surface area contributed by atoms with Gasteiger partial charge in [-0.1, -0.05) is 11.6 Å². The molecule has 0 bridgehead atoms. The van der Waals surface area contributed by atoms with Gasteiger partial charge in [0.15, 0.2) is 0 Å². The zero-order chi connectivity index (χ0) is 17.1. The molecule has 1 aliphatic rings. The molecule has 1 fully saturated rings. The molecule has 1 aromatic carbocycles. The van der Waals surface area contributed by atoms with E-state index in [2.05, 4.69) is 0 Å². The highest BCUT2D eigenvalue weighted by Crippen LogP contribution is 2.23. The average molecular weight is 349 g/mol. The van der Waals surface area contributed by atoms with Gasteiger partial charge in [0, 0.05) is 31.2 Å². The Bertz CT molecular complexity index is 745. The molecule has 7 heteroatoms. The van der Waals surface area contributed by atoms with Gasteiger partial charge in [-0.15, -0.1) is 0 Å². The normalized spacial score (nSPS) is 15.2. The number of amides is 2. The number of halogens is 1. The first-order chi connectivity index (χ1) is 11.6. The Morgan fingerprint density at radius 2 is 1.75 bits per heavy atom. The zero-order valence-electron chi connectivity index (χ0n) is 12.9. The number of carbonyl (C=O) groups excluding carboxylic acids is 2. The fraction of sp³-hybridized carbons (Fsp3) is 0.294. The lowest BCUT2D eigenvalue weighted by atomic mass is 10.1. The Morgan fingerprint density at radius 1 is 1.04 bits per heavy atom. The molecule has 0 aliphatic carbocycles. The van der Waals surface area contributed by atoms with Gasteiger partial charge in [-0.2, -0.15) is 0 Å². The summed E-state index contributed by atoms with van der Waals surface area (Å²) in [6.45, 7) is 1.90.